The molecule has 29 heavy (non-hydrogen) atoms. The minimum absolute atomic E-state index is 0.162. The van der Waals surface area contributed by atoms with Gasteiger partial charge in [-0.1, -0.05) is 35.0 Å². The molecule has 0 saturated heterocycles. The van der Waals surface area contributed by atoms with Crippen LogP contribution in [0.3, 0.4) is 0 Å². The summed E-state index contributed by atoms with van der Waals surface area (Å²) < 4.78 is 1.74. The number of carbonyl (C=O) groups excluding carboxylic acids is 2. The third kappa shape index (κ3) is 5.47. The molecule has 0 saturated carbocycles. The van der Waals surface area contributed by atoms with Gasteiger partial charge < -0.3 is 15.2 Å². The first-order chi connectivity index (χ1) is 13.8. The molecule has 3 aromatic rings. The van der Waals surface area contributed by atoms with E-state index in [0.717, 1.165) is 0 Å². The Hall–Kier alpha value is -2.14. The largest absolute Gasteiger partial charge is 0.342 e. The number of rotatable bonds is 7. The molecule has 1 atom stereocenters. The van der Waals surface area contributed by atoms with Gasteiger partial charge in [0.2, 0.25) is 5.91 Å². The SMILES string of the molecule is C[C@H](NC(=O)c1ccc(Cl)c(Cl)c1)c1nnc(SCC(=O)Nc2nccs2)n1C. The summed E-state index contributed by atoms with van der Waals surface area (Å²) in [5.74, 6) is 0.225. The fourth-order valence-electron chi connectivity index (χ4n) is 2.38. The average Bonchev–Trinajstić information content (AvgIpc) is 3.31. The molecule has 2 aromatic heterocycles. The Morgan fingerprint density at radius 2 is 2.07 bits per heavy atom. The van der Waals surface area contributed by atoms with Crippen molar-refractivity contribution in [2.45, 2.75) is 18.1 Å². The number of benzene rings is 1. The summed E-state index contributed by atoms with van der Waals surface area (Å²) in [6.07, 6.45) is 1.62. The Kier molecular flexibility index (Phi) is 7.12. The number of hydrogen-bond donors (Lipinski definition) is 2. The van der Waals surface area contributed by atoms with E-state index in [9.17, 15) is 9.59 Å². The van der Waals surface area contributed by atoms with E-state index in [0.29, 0.717) is 31.7 Å². The van der Waals surface area contributed by atoms with Gasteiger partial charge in [-0.15, -0.1) is 21.5 Å². The molecular weight excluding hydrogens is 455 g/mol. The summed E-state index contributed by atoms with van der Waals surface area (Å²) in [7, 11) is 1.78. The molecule has 2 N–H and O–H groups in total. The molecule has 0 aliphatic heterocycles. The van der Waals surface area contributed by atoms with Gasteiger partial charge in [0, 0.05) is 24.2 Å². The van der Waals surface area contributed by atoms with Crippen molar-refractivity contribution in [3.05, 3.63) is 51.2 Å². The van der Waals surface area contributed by atoms with E-state index in [2.05, 4.69) is 25.8 Å². The van der Waals surface area contributed by atoms with Crippen molar-refractivity contribution >= 4 is 63.2 Å². The van der Waals surface area contributed by atoms with Crippen LogP contribution in [0.4, 0.5) is 5.13 Å². The van der Waals surface area contributed by atoms with Gasteiger partial charge in [-0.2, -0.15) is 0 Å². The first-order valence-electron chi connectivity index (χ1n) is 8.32. The van der Waals surface area contributed by atoms with Gasteiger partial charge in [-0.25, -0.2) is 4.98 Å². The van der Waals surface area contributed by atoms with Gasteiger partial charge in [0.25, 0.3) is 5.91 Å². The Labute approximate surface area is 185 Å². The topological polar surface area (TPSA) is 102 Å². The van der Waals surface area contributed by atoms with E-state index in [1.807, 2.05) is 0 Å². The second kappa shape index (κ2) is 9.57. The van der Waals surface area contributed by atoms with Gasteiger partial charge in [0.15, 0.2) is 16.1 Å². The molecule has 2 heterocycles. The van der Waals surface area contributed by atoms with Crippen molar-refractivity contribution in [2.75, 3.05) is 11.1 Å². The number of nitrogens with zero attached hydrogens (tertiary/aromatic N) is 4. The molecule has 0 aliphatic rings. The van der Waals surface area contributed by atoms with Crippen molar-refractivity contribution in [2.24, 2.45) is 7.05 Å². The molecule has 8 nitrogen and oxygen atoms in total. The number of amides is 2. The highest BCUT2D eigenvalue weighted by Crippen LogP contribution is 2.23. The highest BCUT2D eigenvalue weighted by molar-refractivity contribution is 7.99. The van der Waals surface area contributed by atoms with Gasteiger partial charge in [0.1, 0.15) is 0 Å². The number of hydrogen-bond acceptors (Lipinski definition) is 7. The molecular formula is C17H16Cl2N6O2S2. The summed E-state index contributed by atoms with van der Waals surface area (Å²) in [5, 5.41) is 17.4. The van der Waals surface area contributed by atoms with Gasteiger partial charge >= 0.3 is 0 Å². The zero-order valence-corrected chi connectivity index (χ0v) is 18.5. The van der Waals surface area contributed by atoms with Crippen molar-refractivity contribution in [3.8, 4) is 0 Å². The van der Waals surface area contributed by atoms with Crippen molar-refractivity contribution in [3.63, 3.8) is 0 Å². The minimum atomic E-state index is -0.409. The van der Waals surface area contributed by atoms with Crippen LogP contribution < -0.4 is 10.6 Å². The maximum atomic E-state index is 12.4. The van der Waals surface area contributed by atoms with E-state index in [1.165, 1.54) is 29.2 Å². The van der Waals surface area contributed by atoms with Gasteiger partial charge in [0.05, 0.1) is 21.8 Å². The molecule has 0 fully saturated rings. The van der Waals surface area contributed by atoms with Crippen LogP contribution in [0.5, 0.6) is 0 Å². The molecule has 0 radical (unpaired) electrons. The normalized spacial score (nSPS) is 11.9. The van der Waals surface area contributed by atoms with Crippen molar-refractivity contribution < 1.29 is 9.59 Å². The Morgan fingerprint density at radius 1 is 1.28 bits per heavy atom. The maximum Gasteiger partial charge on any atom is 0.251 e. The lowest BCUT2D eigenvalue weighted by atomic mass is 10.2. The summed E-state index contributed by atoms with van der Waals surface area (Å²) in [5.41, 5.74) is 0.391. The predicted octanol–water partition coefficient (Wildman–Crippen LogP) is 3.80. The lowest BCUT2D eigenvalue weighted by Crippen LogP contribution is -2.28. The fourth-order valence-corrected chi connectivity index (χ4v) is 3.94. The molecule has 152 valence electrons. The van der Waals surface area contributed by atoms with E-state index in [1.54, 1.807) is 42.2 Å². The molecule has 12 heteroatoms. The highest BCUT2D eigenvalue weighted by atomic mass is 35.5. The Morgan fingerprint density at radius 3 is 2.76 bits per heavy atom. The van der Waals surface area contributed by atoms with Crippen LogP contribution >= 0.6 is 46.3 Å². The van der Waals surface area contributed by atoms with Crippen LogP contribution in [0.2, 0.25) is 10.0 Å². The fraction of sp³-hybridized carbons (Fsp3) is 0.235. The predicted molar refractivity (Wildman–Crippen MR) is 115 cm³/mol. The van der Waals surface area contributed by atoms with Gasteiger partial charge in [-0.3, -0.25) is 9.59 Å². The van der Waals surface area contributed by atoms with Crippen LogP contribution in [-0.2, 0) is 11.8 Å². The standard InChI is InChI=1S/C17H16Cl2N6O2S2/c1-9(21-15(27)10-3-4-11(18)12(19)7-10)14-23-24-17(25(14)2)29-8-13(26)22-16-20-5-6-28-16/h3-7,9H,8H2,1-2H3,(H,21,27)(H,20,22,26)/t9-/m0/s1. The number of carbonyl (C=O) groups is 2. The first kappa shape index (κ1) is 21.6. The monoisotopic (exact) mass is 470 g/mol. The summed E-state index contributed by atoms with van der Waals surface area (Å²) in [6.45, 7) is 1.79. The quantitative estimate of drug-likeness (QED) is 0.509. The molecule has 0 spiro atoms. The molecule has 3 rings (SSSR count). The van der Waals surface area contributed by atoms with E-state index >= 15 is 0 Å². The minimum Gasteiger partial charge on any atom is -0.342 e. The second-order valence-electron chi connectivity index (χ2n) is 5.90. The van der Waals surface area contributed by atoms with E-state index in [-0.39, 0.29) is 17.6 Å². The summed E-state index contributed by atoms with van der Waals surface area (Å²) in [4.78, 5) is 28.4. The third-order valence-electron chi connectivity index (χ3n) is 3.80. The van der Waals surface area contributed by atoms with Crippen molar-refractivity contribution in [1.29, 1.82) is 0 Å². The van der Waals surface area contributed by atoms with Crippen LogP contribution in [0.1, 0.15) is 29.1 Å². The second-order valence-corrected chi connectivity index (χ2v) is 8.55. The number of thioether (sulfide) groups is 1. The molecule has 0 bridgehead atoms. The zero-order chi connectivity index (χ0) is 21.0. The lowest BCUT2D eigenvalue weighted by molar-refractivity contribution is -0.113. The Balaban J connectivity index is 1.59. The first-order valence-corrected chi connectivity index (χ1v) is 10.9. The average molecular weight is 471 g/mol. The number of nitrogens with one attached hydrogen (secondary N) is 2. The summed E-state index contributed by atoms with van der Waals surface area (Å²) >= 11 is 14.4. The lowest BCUT2D eigenvalue weighted by Gasteiger charge is -2.14. The molecule has 1 aromatic carbocycles. The van der Waals surface area contributed by atoms with Gasteiger partial charge in [-0.05, 0) is 25.1 Å². The Bertz CT molecular complexity index is 1030. The van der Waals surface area contributed by atoms with Crippen LogP contribution in [0, 0.1) is 0 Å². The maximum absolute atomic E-state index is 12.4. The summed E-state index contributed by atoms with van der Waals surface area (Å²) in [6, 6.07) is 4.25. The number of aromatic nitrogens is 4. The highest BCUT2D eigenvalue weighted by Gasteiger charge is 2.19. The number of anilines is 1. The van der Waals surface area contributed by atoms with E-state index in [4.69, 9.17) is 23.2 Å². The van der Waals surface area contributed by atoms with Crippen molar-refractivity contribution in [1.82, 2.24) is 25.1 Å². The molecule has 2 amide bonds. The van der Waals surface area contributed by atoms with E-state index < -0.39 is 6.04 Å². The molecule has 0 aliphatic carbocycles. The van der Waals surface area contributed by atoms with Crippen LogP contribution in [0.15, 0.2) is 34.9 Å². The zero-order valence-electron chi connectivity index (χ0n) is 15.3. The van der Waals surface area contributed by atoms with Crippen LogP contribution in [-0.4, -0.2) is 37.3 Å². The molecule has 0 unspecified atom stereocenters. The smallest absolute Gasteiger partial charge is 0.251 e. The third-order valence-corrected chi connectivity index (χ3v) is 6.24. The number of thiazole rings is 1. The van der Waals surface area contributed by atoms with Crippen LogP contribution in [0.25, 0.3) is 0 Å². The number of halogens is 2.